The van der Waals surface area contributed by atoms with Crippen molar-refractivity contribution < 1.29 is 0 Å². The minimum Gasteiger partial charge on any atom is -0.325 e. The summed E-state index contributed by atoms with van der Waals surface area (Å²) >= 11 is 1.47. The fourth-order valence-electron chi connectivity index (χ4n) is 1.28. The van der Waals surface area contributed by atoms with Crippen LogP contribution in [0.1, 0.15) is 11.3 Å². The number of thiazole rings is 1. The number of H-pyrrole nitrogens is 1. The van der Waals surface area contributed by atoms with Gasteiger partial charge in [0.15, 0.2) is 0 Å². The van der Waals surface area contributed by atoms with Gasteiger partial charge in [0.05, 0.1) is 0 Å². The smallest absolute Gasteiger partial charge is 0.266 e. The molecule has 0 saturated heterocycles. The quantitative estimate of drug-likeness (QED) is 0.790. The molecule has 0 aliphatic heterocycles. The highest BCUT2D eigenvalue weighted by Crippen LogP contribution is 2.23. The lowest BCUT2D eigenvalue weighted by Gasteiger charge is -2.01. The maximum absolute atomic E-state index is 11.3. The molecule has 0 fully saturated rings. The monoisotopic (exact) mass is 217 g/mol. The standard InChI is InChI=1S/C10H7N3OS/c1-6-8(10-12-2-3-15-10)4-7(5-11)9(14)13-6/h2-4H,1H3,(H,13,14). The molecule has 0 radical (unpaired) electrons. The summed E-state index contributed by atoms with van der Waals surface area (Å²) in [4.78, 5) is 18.1. The molecule has 2 rings (SSSR count). The van der Waals surface area contributed by atoms with E-state index in [0.717, 1.165) is 16.3 Å². The van der Waals surface area contributed by atoms with E-state index in [1.165, 1.54) is 11.3 Å². The van der Waals surface area contributed by atoms with Crippen LogP contribution in [-0.2, 0) is 0 Å². The van der Waals surface area contributed by atoms with Crippen LogP contribution in [0.2, 0.25) is 0 Å². The normalized spacial score (nSPS) is 9.87. The molecule has 0 aliphatic rings. The first-order valence-electron chi connectivity index (χ1n) is 4.26. The Morgan fingerprint density at radius 1 is 1.60 bits per heavy atom. The Labute approximate surface area is 89.9 Å². The molecule has 2 heterocycles. The van der Waals surface area contributed by atoms with Gasteiger partial charge in [0, 0.05) is 22.8 Å². The Morgan fingerprint density at radius 3 is 3.00 bits per heavy atom. The van der Waals surface area contributed by atoms with Gasteiger partial charge in [-0.3, -0.25) is 4.79 Å². The van der Waals surface area contributed by atoms with Gasteiger partial charge in [0.25, 0.3) is 5.56 Å². The molecule has 0 amide bonds. The van der Waals surface area contributed by atoms with Crippen molar-refractivity contribution in [2.75, 3.05) is 0 Å². The lowest BCUT2D eigenvalue weighted by atomic mass is 10.1. The van der Waals surface area contributed by atoms with Crippen molar-refractivity contribution in [2.24, 2.45) is 0 Å². The molecule has 2 aromatic rings. The number of aromatic nitrogens is 2. The average molecular weight is 217 g/mol. The van der Waals surface area contributed by atoms with Gasteiger partial charge in [-0.15, -0.1) is 11.3 Å². The van der Waals surface area contributed by atoms with Gasteiger partial charge in [0.2, 0.25) is 0 Å². The predicted octanol–water partition coefficient (Wildman–Crippen LogP) is 1.68. The number of nitriles is 1. The second kappa shape index (κ2) is 3.67. The Morgan fingerprint density at radius 2 is 2.40 bits per heavy atom. The van der Waals surface area contributed by atoms with E-state index in [1.807, 2.05) is 11.4 Å². The van der Waals surface area contributed by atoms with Crippen LogP contribution in [-0.4, -0.2) is 9.97 Å². The molecule has 2 aromatic heterocycles. The first-order valence-corrected chi connectivity index (χ1v) is 5.14. The van der Waals surface area contributed by atoms with E-state index < -0.39 is 0 Å². The number of aromatic amines is 1. The van der Waals surface area contributed by atoms with Crippen LogP contribution in [0.25, 0.3) is 10.6 Å². The number of rotatable bonds is 1. The maximum atomic E-state index is 11.3. The third-order valence-electron chi connectivity index (χ3n) is 2.02. The second-order valence-electron chi connectivity index (χ2n) is 3.00. The SMILES string of the molecule is Cc1[nH]c(=O)c(C#N)cc1-c1nccs1. The van der Waals surface area contributed by atoms with E-state index in [0.29, 0.717) is 0 Å². The number of pyridine rings is 1. The first-order chi connectivity index (χ1) is 7.22. The summed E-state index contributed by atoms with van der Waals surface area (Å²) < 4.78 is 0. The number of aryl methyl sites for hydroxylation is 1. The summed E-state index contributed by atoms with van der Waals surface area (Å²) in [6.07, 6.45) is 1.69. The molecule has 0 aliphatic carbocycles. The Bertz CT molecular complexity index is 578. The summed E-state index contributed by atoms with van der Waals surface area (Å²) in [5.74, 6) is 0. The molecule has 0 bridgehead atoms. The van der Waals surface area contributed by atoms with E-state index in [4.69, 9.17) is 5.26 Å². The summed E-state index contributed by atoms with van der Waals surface area (Å²) in [5, 5.41) is 11.4. The van der Waals surface area contributed by atoms with Crippen molar-refractivity contribution >= 4 is 11.3 Å². The van der Waals surface area contributed by atoms with Crippen molar-refractivity contribution in [3.63, 3.8) is 0 Å². The average Bonchev–Trinajstić information content (AvgIpc) is 2.71. The van der Waals surface area contributed by atoms with Gasteiger partial charge < -0.3 is 4.98 Å². The van der Waals surface area contributed by atoms with Gasteiger partial charge in [-0.2, -0.15) is 5.26 Å². The maximum Gasteiger partial charge on any atom is 0.266 e. The fourth-order valence-corrected chi connectivity index (χ4v) is 2.00. The third kappa shape index (κ3) is 1.67. The Kier molecular flexibility index (Phi) is 2.35. The largest absolute Gasteiger partial charge is 0.325 e. The van der Waals surface area contributed by atoms with Crippen LogP contribution in [0.4, 0.5) is 0 Å². The van der Waals surface area contributed by atoms with E-state index in [2.05, 4.69) is 9.97 Å². The topological polar surface area (TPSA) is 69.5 Å². The third-order valence-corrected chi connectivity index (χ3v) is 2.83. The highest BCUT2D eigenvalue weighted by atomic mass is 32.1. The minimum absolute atomic E-state index is 0.116. The predicted molar refractivity (Wildman–Crippen MR) is 57.6 cm³/mol. The van der Waals surface area contributed by atoms with Crippen LogP contribution in [0, 0.1) is 18.3 Å². The molecule has 0 spiro atoms. The zero-order valence-electron chi connectivity index (χ0n) is 7.94. The van der Waals surface area contributed by atoms with Crippen molar-refractivity contribution in [2.45, 2.75) is 6.92 Å². The van der Waals surface area contributed by atoms with Crippen LogP contribution in [0.5, 0.6) is 0 Å². The molecule has 0 atom stereocenters. The van der Waals surface area contributed by atoms with Crippen LogP contribution in [0.15, 0.2) is 22.4 Å². The Balaban J connectivity index is 2.69. The van der Waals surface area contributed by atoms with Gasteiger partial charge >= 0.3 is 0 Å². The molecule has 4 nitrogen and oxygen atoms in total. The van der Waals surface area contributed by atoms with E-state index >= 15 is 0 Å². The van der Waals surface area contributed by atoms with E-state index in [1.54, 1.807) is 19.2 Å². The molecule has 74 valence electrons. The minimum atomic E-state index is -0.352. The molecular formula is C10H7N3OS. The second-order valence-corrected chi connectivity index (χ2v) is 3.89. The van der Waals surface area contributed by atoms with Crippen molar-refractivity contribution in [3.05, 3.63) is 39.3 Å². The van der Waals surface area contributed by atoms with Crippen molar-refractivity contribution in [1.82, 2.24) is 9.97 Å². The molecule has 0 aromatic carbocycles. The van der Waals surface area contributed by atoms with Crippen LogP contribution >= 0.6 is 11.3 Å². The number of hydrogen-bond acceptors (Lipinski definition) is 4. The summed E-state index contributed by atoms with van der Waals surface area (Å²) in [6.45, 7) is 1.79. The zero-order chi connectivity index (χ0) is 10.8. The number of nitrogens with one attached hydrogen (secondary N) is 1. The van der Waals surface area contributed by atoms with Gasteiger partial charge in [-0.1, -0.05) is 0 Å². The molecular weight excluding hydrogens is 210 g/mol. The first kappa shape index (κ1) is 9.62. The molecule has 5 heteroatoms. The summed E-state index contributed by atoms with van der Waals surface area (Å²) in [5.41, 5.74) is 1.30. The molecule has 0 unspecified atom stereocenters. The highest BCUT2D eigenvalue weighted by Gasteiger charge is 2.08. The van der Waals surface area contributed by atoms with Crippen LogP contribution < -0.4 is 5.56 Å². The molecule has 15 heavy (non-hydrogen) atoms. The van der Waals surface area contributed by atoms with Gasteiger partial charge in [0.1, 0.15) is 16.6 Å². The number of nitrogens with zero attached hydrogens (tertiary/aromatic N) is 2. The zero-order valence-corrected chi connectivity index (χ0v) is 8.76. The molecule has 1 N–H and O–H groups in total. The van der Waals surface area contributed by atoms with Crippen LogP contribution in [0.3, 0.4) is 0 Å². The fraction of sp³-hybridized carbons (Fsp3) is 0.100. The van der Waals surface area contributed by atoms with Gasteiger partial charge in [-0.05, 0) is 13.0 Å². The van der Waals surface area contributed by atoms with Crippen molar-refractivity contribution in [3.8, 4) is 16.6 Å². The highest BCUT2D eigenvalue weighted by molar-refractivity contribution is 7.13. The van der Waals surface area contributed by atoms with Crippen molar-refractivity contribution in [1.29, 1.82) is 5.26 Å². The summed E-state index contributed by atoms with van der Waals surface area (Å²) in [6, 6.07) is 3.43. The van der Waals surface area contributed by atoms with E-state index in [9.17, 15) is 4.79 Å². The Hall–Kier alpha value is -1.93. The summed E-state index contributed by atoms with van der Waals surface area (Å²) in [7, 11) is 0. The lowest BCUT2D eigenvalue weighted by Crippen LogP contribution is -2.11. The van der Waals surface area contributed by atoms with E-state index in [-0.39, 0.29) is 11.1 Å². The van der Waals surface area contributed by atoms with Gasteiger partial charge in [-0.25, -0.2) is 4.98 Å². The number of hydrogen-bond donors (Lipinski definition) is 1. The lowest BCUT2D eigenvalue weighted by molar-refractivity contribution is 1.13. The molecule has 0 saturated carbocycles.